The molecule has 3 fully saturated rings. The third kappa shape index (κ3) is 3.51. The quantitative estimate of drug-likeness (QED) is 0.434. The first kappa shape index (κ1) is 17.5. The molecule has 4 rings (SSSR count). The van der Waals surface area contributed by atoms with Crippen molar-refractivity contribution in [1.29, 1.82) is 0 Å². The third-order valence-electron chi connectivity index (χ3n) is 6.79. The van der Waals surface area contributed by atoms with E-state index in [1.54, 1.807) is 0 Å². The number of nitrogens with zero attached hydrogens (tertiary/aromatic N) is 2. The number of hydrogen-bond acceptors (Lipinski definition) is 5. The molecule has 0 aromatic rings. The van der Waals surface area contributed by atoms with Crippen LogP contribution in [-0.4, -0.2) is 73.3 Å². The fraction of sp³-hybridized carbons (Fsp3) is 0.850. The Kier molecular flexibility index (Phi) is 4.67. The highest BCUT2D eigenvalue weighted by molar-refractivity contribution is 5.75. The number of fused-ring (bicyclic) bond motifs is 3. The topological polar surface area (TPSA) is 45.3 Å². The zero-order chi connectivity index (χ0) is 17.6. The molecule has 0 amide bonds. The summed E-state index contributed by atoms with van der Waals surface area (Å²) in [6.07, 6.45) is 6.62. The molecule has 1 aliphatic carbocycles. The van der Waals surface area contributed by atoms with Crippen molar-refractivity contribution in [3.63, 3.8) is 0 Å². The molecule has 4 aliphatic rings. The summed E-state index contributed by atoms with van der Waals surface area (Å²) in [6.45, 7) is 9.52. The van der Waals surface area contributed by atoms with E-state index in [2.05, 4.69) is 36.8 Å². The molecule has 0 spiro atoms. The molecule has 0 saturated carbocycles. The monoisotopic (exact) mass is 348 g/mol. The number of carbonyl (C=O) groups is 1. The highest BCUT2D eigenvalue weighted by atomic mass is 16.6. The standard InChI is InChI=1S/C20H32N2O3/c1-14-5-4-8-20(2)18(25-20)17-15(7-6-14)16(19(23)24-17)13-22-11-9-21(3)10-12-22/h5,15-18H,4,6-13H2,1-3H3/b14-5+/t15-,16-,17-,18+,20+/m0/s1. The van der Waals surface area contributed by atoms with Crippen LogP contribution in [0.4, 0.5) is 0 Å². The first-order chi connectivity index (χ1) is 12.0. The third-order valence-corrected chi connectivity index (χ3v) is 6.79. The number of likely N-dealkylation sites (N-methyl/N-ethyl adjacent to an activating group) is 1. The fourth-order valence-electron chi connectivity index (χ4n) is 4.86. The van der Waals surface area contributed by atoms with E-state index in [-0.39, 0.29) is 29.7 Å². The lowest BCUT2D eigenvalue weighted by Gasteiger charge is -2.34. The van der Waals surface area contributed by atoms with Crippen LogP contribution in [-0.2, 0) is 14.3 Å². The van der Waals surface area contributed by atoms with Crippen molar-refractivity contribution in [3.05, 3.63) is 11.6 Å². The van der Waals surface area contributed by atoms with Crippen LogP contribution in [0.15, 0.2) is 11.6 Å². The van der Waals surface area contributed by atoms with E-state index in [1.807, 2.05) is 0 Å². The van der Waals surface area contributed by atoms with Crippen LogP contribution in [0.5, 0.6) is 0 Å². The second-order valence-electron chi connectivity index (χ2n) is 8.75. The molecule has 3 saturated heterocycles. The lowest BCUT2D eigenvalue weighted by molar-refractivity contribution is -0.145. The predicted octanol–water partition coefficient (Wildman–Crippen LogP) is 2.07. The highest BCUT2D eigenvalue weighted by Crippen LogP contribution is 2.50. The van der Waals surface area contributed by atoms with Crippen LogP contribution in [0.2, 0.25) is 0 Å². The minimum absolute atomic E-state index is 0.00709. The summed E-state index contributed by atoms with van der Waals surface area (Å²) < 4.78 is 12.0. The molecule has 0 unspecified atom stereocenters. The predicted molar refractivity (Wildman–Crippen MR) is 96.3 cm³/mol. The van der Waals surface area contributed by atoms with Gasteiger partial charge in [-0.2, -0.15) is 0 Å². The van der Waals surface area contributed by atoms with E-state index in [4.69, 9.17) is 9.47 Å². The lowest BCUT2D eigenvalue weighted by Crippen LogP contribution is -2.47. The summed E-state index contributed by atoms with van der Waals surface area (Å²) in [5, 5.41) is 0. The molecular weight excluding hydrogens is 316 g/mol. The van der Waals surface area contributed by atoms with Crippen LogP contribution >= 0.6 is 0 Å². The zero-order valence-electron chi connectivity index (χ0n) is 15.9. The van der Waals surface area contributed by atoms with Crippen LogP contribution in [0.3, 0.4) is 0 Å². The molecule has 3 heterocycles. The second kappa shape index (κ2) is 6.67. The summed E-state index contributed by atoms with van der Waals surface area (Å²) in [6, 6.07) is 0. The molecule has 0 bridgehead atoms. The molecule has 0 aromatic carbocycles. The van der Waals surface area contributed by atoms with Crippen LogP contribution in [0.25, 0.3) is 0 Å². The van der Waals surface area contributed by atoms with Gasteiger partial charge in [0.15, 0.2) is 0 Å². The minimum Gasteiger partial charge on any atom is -0.459 e. The first-order valence-electron chi connectivity index (χ1n) is 9.91. The van der Waals surface area contributed by atoms with E-state index in [0.717, 1.165) is 58.4 Å². The Morgan fingerprint density at radius 3 is 2.80 bits per heavy atom. The maximum Gasteiger partial charge on any atom is 0.311 e. The van der Waals surface area contributed by atoms with Crippen molar-refractivity contribution in [3.8, 4) is 0 Å². The van der Waals surface area contributed by atoms with Crippen LogP contribution in [0.1, 0.15) is 39.5 Å². The van der Waals surface area contributed by atoms with Gasteiger partial charge >= 0.3 is 5.97 Å². The Labute approximate surface area is 151 Å². The van der Waals surface area contributed by atoms with E-state index >= 15 is 0 Å². The van der Waals surface area contributed by atoms with Crippen molar-refractivity contribution < 1.29 is 14.3 Å². The number of epoxide rings is 1. The Bertz CT molecular complexity index is 555. The van der Waals surface area contributed by atoms with Crippen molar-refractivity contribution in [1.82, 2.24) is 9.80 Å². The number of carbonyl (C=O) groups excluding carboxylic acids is 1. The largest absolute Gasteiger partial charge is 0.459 e. The molecule has 0 N–H and O–H groups in total. The SMILES string of the molecule is C/C1=C\CC[C@@]2(C)O[C@@H]2[C@H]2OC(=O)[C@@H](CN3CCN(C)CC3)[C@@H]2CC1. The molecule has 25 heavy (non-hydrogen) atoms. The Morgan fingerprint density at radius 2 is 2.04 bits per heavy atom. The van der Waals surface area contributed by atoms with Gasteiger partial charge in [0.1, 0.15) is 12.2 Å². The van der Waals surface area contributed by atoms with Crippen molar-refractivity contribution in [2.75, 3.05) is 39.8 Å². The molecule has 5 nitrogen and oxygen atoms in total. The number of allylic oxidation sites excluding steroid dienone is 2. The maximum absolute atomic E-state index is 12.7. The van der Waals surface area contributed by atoms with E-state index < -0.39 is 0 Å². The summed E-state index contributed by atoms with van der Waals surface area (Å²) in [5.41, 5.74) is 1.35. The van der Waals surface area contributed by atoms with Crippen molar-refractivity contribution >= 4 is 5.97 Å². The van der Waals surface area contributed by atoms with Gasteiger partial charge in [0.25, 0.3) is 0 Å². The number of esters is 1. The van der Waals surface area contributed by atoms with Crippen molar-refractivity contribution in [2.24, 2.45) is 11.8 Å². The van der Waals surface area contributed by atoms with Gasteiger partial charge in [0.05, 0.1) is 11.5 Å². The summed E-state index contributed by atoms with van der Waals surface area (Å²) >= 11 is 0. The highest BCUT2D eigenvalue weighted by Gasteiger charge is 2.62. The molecule has 5 heteroatoms. The number of piperazine rings is 1. The van der Waals surface area contributed by atoms with Crippen molar-refractivity contribution in [2.45, 2.75) is 57.3 Å². The lowest BCUT2D eigenvalue weighted by atomic mass is 9.80. The fourth-order valence-corrected chi connectivity index (χ4v) is 4.86. The molecule has 0 radical (unpaired) electrons. The van der Waals surface area contributed by atoms with Crippen LogP contribution in [0, 0.1) is 11.8 Å². The van der Waals surface area contributed by atoms with Gasteiger partial charge in [-0.25, -0.2) is 0 Å². The van der Waals surface area contributed by atoms with Gasteiger partial charge < -0.3 is 14.4 Å². The van der Waals surface area contributed by atoms with Crippen LogP contribution < -0.4 is 0 Å². The molecule has 0 aromatic heterocycles. The van der Waals surface area contributed by atoms with Gasteiger partial charge in [-0.1, -0.05) is 11.6 Å². The number of rotatable bonds is 2. The molecule has 140 valence electrons. The Balaban J connectivity index is 1.49. The number of hydrogen-bond donors (Lipinski definition) is 0. The average Bonchev–Trinajstić information content (AvgIpc) is 3.15. The van der Waals surface area contributed by atoms with Gasteiger partial charge in [-0.3, -0.25) is 9.69 Å². The second-order valence-corrected chi connectivity index (χ2v) is 8.75. The van der Waals surface area contributed by atoms with Gasteiger partial charge in [0, 0.05) is 38.6 Å². The molecule has 3 aliphatic heterocycles. The Hall–Kier alpha value is -0.910. The summed E-state index contributed by atoms with van der Waals surface area (Å²) in [4.78, 5) is 17.5. The minimum atomic E-state index is -0.0972. The van der Waals surface area contributed by atoms with E-state index in [0.29, 0.717) is 5.92 Å². The Morgan fingerprint density at radius 1 is 1.28 bits per heavy atom. The van der Waals surface area contributed by atoms with Gasteiger partial charge in [-0.15, -0.1) is 0 Å². The molecular formula is C20H32N2O3. The normalized spacial score (nSPS) is 45.1. The molecule has 5 atom stereocenters. The van der Waals surface area contributed by atoms with Gasteiger partial charge in [0.2, 0.25) is 0 Å². The van der Waals surface area contributed by atoms with E-state index in [9.17, 15) is 4.79 Å². The summed E-state index contributed by atoms with van der Waals surface area (Å²) in [5.74, 6) is 0.308. The van der Waals surface area contributed by atoms with Gasteiger partial charge in [-0.05, 0) is 46.6 Å². The first-order valence-corrected chi connectivity index (χ1v) is 9.91. The van der Waals surface area contributed by atoms with E-state index in [1.165, 1.54) is 5.57 Å². The maximum atomic E-state index is 12.7. The zero-order valence-corrected chi connectivity index (χ0v) is 15.9. The number of ether oxygens (including phenoxy) is 2. The summed E-state index contributed by atoms with van der Waals surface area (Å²) in [7, 11) is 2.17. The average molecular weight is 348 g/mol. The smallest absolute Gasteiger partial charge is 0.311 e.